The van der Waals surface area contributed by atoms with E-state index in [1.807, 2.05) is 0 Å². The molecule has 0 fully saturated rings. The van der Waals surface area contributed by atoms with E-state index < -0.39 is 30.1 Å². The van der Waals surface area contributed by atoms with E-state index in [1.54, 1.807) is 13.8 Å². The Morgan fingerprint density at radius 3 is 1.95 bits per heavy atom. The van der Waals surface area contributed by atoms with Crippen LogP contribution in [-0.2, 0) is 19.1 Å². The normalized spacial score (nSPS) is 14.5. The number of hydrogen-bond acceptors (Lipinski definition) is 4. The number of ether oxygens (including phenoxy) is 2. The number of carboxylic acid groups (broad SMARTS) is 2. The first-order valence-corrected chi connectivity index (χ1v) is 8.09. The van der Waals surface area contributed by atoms with E-state index in [9.17, 15) is 19.8 Å². The SMILES string of the molecule is CCOC(OCC)C(C(=O)O)C(CCC[SiH3])C(=O)O. The summed E-state index contributed by atoms with van der Waals surface area (Å²) in [5.41, 5.74) is 0. The zero-order chi connectivity index (χ0) is 14.8. The fourth-order valence-corrected chi connectivity index (χ4v) is 2.35. The minimum atomic E-state index is -1.19. The van der Waals surface area contributed by atoms with Crippen LogP contribution in [0.1, 0.15) is 26.7 Å². The predicted octanol–water partition coefficient (Wildman–Crippen LogP) is 0.351. The van der Waals surface area contributed by atoms with Gasteiger partial charge >= 0.3 is 11.9 Å². The van der Waals surface area contributed by atoms with Crippen molar-refractivity contribution in [2.24, 2.45) is 11.8 Å². The van der Waals surface area contributed by atoms with Crippen molar-refractivity contribution in [3.05, 3.63) is 0 Å². The highest BCUT2D eigenvalue weighted by molar-refractivity contribution is 6.08. The Balaban J connectivity index is 5.07. The van der Waals surface area contributed by atoms with Crippen LogP contribution >= 0.6 is 0 Å². The highest BCUT2D eigenvalue weighted by Gasteiger charge is 2.40. The van der Waals surface area contributed by atoms with Gasteiger partial charge in [0.25, 0.3) is 0 Å². The molecule has 0 saturated carbocycles. The van der Waals surface area contributed by atoms with Crippen LogP contribution in [0.2, 0.25) is 6.04 Å². The summed E-state index contributed by atoms with van der Waals surface area (Å²) in [5, 5.41) is 18.5. The standard InChI is InChI=1S/C12H24O6Si/c1-3-17-12(18-4-2)9(11(15)16)8(10(13)14)6-5-7-19/h8-9,12H,3-7H2,1-2,19H3,(H,13,14)(H,15,16). The third-order valence-corrected chi connectivity index (χ3v) is 3.57. The van der Waals surface area contributed by atoms with Gasteiger partial charge in [-0.1, -0.05) is 12.5 Å². The van der Waals surface area contributed by atoms with E-state index in [-0.39, 0.29) is 13.2 Å². The maximum atomic E-state index is 11.4. The molecule has 0 saturated heterocycles. The summed E-state index contributed by atoms with van der Waals surface area (Å²) >= 11 is 0. The number of rotatable bonds is 11. The molecule has 0 radical (unpaired) electrons. The zero-order valence-electron chi connectivity index (χ0n) is 11.8. The lowest BCUT2D eigenvalue weighted by molar-refractivity contribution is -0.198. The van der Waals surface area contributed by atoms with E-state index in [4.69, 9.17) is 9.47 Å². The van der Waals surface area contributed by atoms with Crippen molar-refractivity contribution >= 4 is 22.2 Å². The van der Waals surface area contributed by atoms with Gasteiger partial charge in [0, 0.05) is 23.5 Å². The molecule has 0 spiro atoms. The summed E-state index contributed by atoms with van der Waals surface area (Å²) in [6.45, 7) is 4.00. The molecule has 0 heterocycles. The average Bonchev–Trinajstić information content (AvgIpc) is 2.33. The van der Waals surface area contributed by atoms with Crippen LogP contribution in [0.15, 0.2) is 0 Å². The van der Waals surface area contributed by atoms with Crippen LogP contribution in [0, 0.1) is 11.8 Å². The third-order valence-electron chi connectivity index (χ3n) is 2.86. The summed E-state index contributed by atoms with van der Waals surface area (Å²) in [6, 6.07) is 0.948. The minimum absolute atomic E-state index is 0.279. The Bertz CT molecular complexity index is 277. The molecule has 0 aromatic carbocycles. The predicted molar refractivity (Wildman–Crippen MR) is 73.3 cm³/mol. The second-order valence-electron chi connectivity index (χ2n) is 4.23. The van der Waals surface area contributed by atoms with Gasteiger partial charge in [-0.3, -0.25) is 9.59 Å². The maximum absolute atomic E-state index is 11.4. The molecule has 7 heteroatoms. The second kappa shape index (κ2) is 9.94. The number of carboxylic acids is 2. The van der Waals surface area contributed by atoms with Crippen molar-refractivity contribution in [3.8, 4) is 0 Å². The molecule has 6 nitrogen and oxygen atoms in total. The molecular formula is C12H24O6Si. The van der Waals surface area contributed by atoms with Crippen molar-refractivity contribution in [1.82, 2.24) is 0 Å². The van der Waals surface area contributed by atoms with Gasteiger partial charge in [-0.2, -0.15) is 0 Å². The quantitative estimate of drug-likeness (QED) is 0.422. The first kappa shape index (κ1) is 18.1. The molecule has 0 aliphatic carbocycles. The summed E-state index contributed by atoms with van der Waals surface area (Å²) in [7, 11) is 0.979. The second-order valence-corrected chi connectivity index (χ2v) is 5.23. The Morgan fingerprint density at radius 1 is 1.11 bits per heavy atom. The molecule has 0 bridgehead atoms. The summed E-state index contributed by atoms with van der Waals surface area (Å²) < 4.78 is 10.5. The largest absolute Gasteiger partial charge is 0.481 e. The van der Waals surface area contributed by atoms with Crippen LogP contribution < -0.4 is 0 Å². The van der Waals surface area contributed by atoms with Crippen molar-refractivity contribution in [3.63, 3.8) is 0 Å². The molecule has 0 aromatic heterocycles. The van der Waals surface area contributed by atoms with Crippen molar-refractivity contribution < 1.29 is 29.3 Å². The van der Waals surface area contributed by atoms with Gasteiger partial charge in [0.15, 0.2) is 6.29 Å². The number of hydrogen-bond donors (Lipinski definition) is 2. The molecule has 19 heavy (non-hydrogen) atoms. The fraction of sp³-hybridized carbons (Fsp3) is 0.833. The molecule has 2 N–H and O–H groups in total. The summed E-state index contributed by atoms with van der Waals surface area (Å²) in [4.78, 5) is 22.7. The molecule has 112 valence electrons. The number of carbonyl (C=O) groups is 2. The smallest absolute Gasteiger partial charge is 0.312 e. The minimum Gasteiger partial charge on any atom is -0.481 e. The lowest BCUT2D eigenvalue weighted by atomic mass is 9.88. The van der Waals surface area contributed by atoms with Crippen molar-refractivity contribution in [2.75, 3.05) is 13.2 Å². The van der Waals surface area contributed by atoms with E-state index >= 15 is 0 Å². The Morgan fingerprint density at radius 2 is 1.63 bits per heavy atom. The molecule has 2 atom stereocenters. The Hall–Kier alpha value is -0.923. The van der Waals surface area contributed by atoms with Crippen LogP contribution in [0.5, 0.6) is 0 Å². The van der Waals surface area contributed by atoms with Gasteiger partial charge in [-0.05, 0) is 20.3 Å². The lowest BCUT2D eigenvalue weighted by Gasteiger charge is -2.28. The Labute approximate surface area is 116 Å². The highest BCUT2D eigenvalue weighted by atomic mass is 28.1. The van der Waals surface area contributed by atoms with Crippen LogP contribution in [0.4, 0.5) is 0 Å². The van der Waals surface area contributed by atoms with Crippen LogP contribution in [0.3, 0.4) is 0 Å². The van der Waals surface area contributed by atoms with Gasteiger partial charge < -0.3 is 19.7 Å². The molecular weight excluding hydrogens is 268 g/mol. The van der Waals surface area contributed by atoms with E-state index in [0.717, 1.165) is 22.7 Å². The molecule has 0 amide bonds. The maximum Gasteiger partial charge on any atom is 0.312 e. The average molecular weight is 292 g/mol. The molecule has 0 aliphatic heterocycles. The van der Waals surface area contributed by atoms with Crippen LogP contribution in [0.25, 0.3) is 0 Å². The van der Waals surface area contributed by atoms with Gasteiger partial charge in [0.2, 0.25) is 0 Å². The fourth-order valence-electron chi connectivity index (χ4n) is 1.94. The lowest BCUT2D eigenvalue weighted by Crippen LogP contribution is -2.41. The van der Waals surface area contributed by atoms with E-state index in [0.29, 0.717) is 6.42 Å². The van der Waals surface area contributed by atoms with Crippen molar-refractivity contribution in [2.45, 2.75) is 39.0 Å². The van der Waals surface area contributed by atoms with Gasteiger partial charge in [0.05, 0.1) is 5.92 Å². The Kier molecular flexibility index (Phi) is 9.45. The van der Waals surface area contributed by atoms with E-state index in [2.05, 4.69) is 0 Å². The van der Waals surface area contributed by atoms with E-state index in [1.165, 1.54) is 0 Å². The molecule has 0 aromatic rings. The molecule has 0 aliphatic rings. The zero-order valence-corrected chi connectivity index (χ0v) is 13.8. The first-order chi connectivity index (χ1) is 8.99. The highest BCUT2D eigenvalue weighted by Crippen LogP contribution is 2.25. The van der Waals surface area contributed by atoms with Gasteiger partial charge in [-0.15, -0.1) is 0 Å². The summed E-state index contributed by atoms with van der Waals surface area (Å²) in [5.74, 6) is -4.44. The third kappa shape index (κ3) is 6.17. The van der Waals surface area contributed by atoms with Gasteiger partial charge in [0.1, 0.15) is 5.92 Å². The van der Waals surface area contributed by atoms with Crippen molar-refractivity contribution in [1.29, 1.82) is 0 Å². The van der Waals surface area contributed by atoms with Gasteiger partial charge in [-0.25, -0.2) is 0 Å². The van der Waals surface area contributed by atoms with Crippen LogP contribution in [-0.4, -0.2) is 51.9 Å². The topological polar surface area (TPSA) is 93.1 Å². The molecule has 2 unspecified atom stereocenters. The summed E-state index contributed by atoms with van der Waals surface area (Å²) in [6.07, 6.45) is 0.0485. The number of aliphatic carboxylic acids is 2. The monoisotopic (exact) mass is 292 g/mol. The molecule has 0 rings (SSSR count). The first-order valence-electron chi connectivity index (χ1n) is 6.68.